The molecule has 0 saturated heterocycles. The number of nitrogens with one attached hydrogen (secondary N) is 1. The van der Waals surface area contributed by atoms with E-state index in [1.165, 1.54) is 11.3 Å². The zero-order valence-corrected chi connectivity index (χ0v) is 21.2. The molecule has 0 spiro atoms. The van der Waals surface area contributed by atoms with Crippen molar-refractivity contribution in [3.05, 3.63) is 81.3 Å². The normalized spacial score (nSPS) is 13.8. The minimum Gasteiger partial charge on any atom is -0.441 e. The van der Waals surface area contributed by atoms with Gasteiger partial charge in [0, 0.05) is 11.1 Å². The van der Waals surface area contributed by atoms with Gasteiger partial charge in [0.2, 0.25) is 0 Å². The van der Waals surface area contributed by atoms with Gasteiger partial charge in [0.25, 0.3) is 0 Å². The molecule has 178 valence electrons. The second kappa shape index (κ2) is 10.2. The third-order valence-corrected chi connectivity index (χ3v) is 7.70. The molecule has 8 heteroatoms. The number of hydrogen-bond donors (Lipinski definition) is 1. The van der Waals surface area contributed by atoms with Gasteiger partial charge >= 0.3 is 12.1 Å². The number of rotatable bonds is 7. The average molecular weight is 524 g/mol. The summed E-state index contributed by atoms with van der Waals surface area (Å²) in [6.45, 7) is 1.84. The van der Waals surface area contributed by atoms with Crippen LogP contribution in [0.2, 0.25) is 4.34 Å². The van der Waals surface area contributed by atoms with Gasteiger partial charge in [0.1, 0.15) is 11.9 Å². The number of anilines is 1. The van der Waals surface area contributed by atoms with Crippen molar-refractivity contribution >= 4 is 52.0 Å². The van der Waals surface area contributed by atoms with E-state index in [1.54, 1.807) is 29.5 Å². The molecule has 1 atom stereocenters. The number of carbonyl (C=O) groups is 2. The van der Waals surface area contributed by atoms with Crippen LogP contribution in [0.25, 0.3) is 21.6 Å². The van der Waals surface area contributed by atoms with Crippen LogP contribution in [0.4, 0.5) is 10.5 Å². The summed E-state index contributed by atoms with van der Waals surface area (Å²) in [5.41, 5.74) is 4.38. The molecule has 5 nitrogen and oxygen atoms in total. The lowest BCUT2D eigenvalue weighted by atomic mass is 9.98. The molecule has 2 aromatic carbocycles. The zero-order chi connectivity index (χ0) is 24.4. The number of amides is 1. The van der Waals surface area contributed by atoms with Gasteiger partial charge in [-0.25, -0.2) is 4.79 Å². The second-order valence-electron chi connectivity index (χ2n) is 8.29. The summed E-state index contributed by atoms with van der Waals surface area (Å²) in [5.74, 6) is 0.416. The molecule has 5 rings (SSSR count). The average Bonchev–Trinajstić information content (AvgIpc) is 3.43. The number of carbonyl (C=O) groups excluding carboxylic acids is 2. The molecule has 35 heavy (non-hydrogen) atoms. The summed E-state index contributed by atoms with van der Waals surface area (Å²) in [6.07, 6.45) is 0.909. The van der Waals surface area contributed by atoms with Gasteiger partial charge in [-0.3, -0.25) is 10.1 Å². The van der Waals surface area contributed by atoms with E-state index in [9.17, 15) is 9.59 Å². The van der Waals surface area contributed by atoms with Gasteiger partial charge in [-0.2, -0.15) is 11.3 Å². The Hall–Kier alpha value is -3.13. The Morgan fingerprint density at radius 2 is 1.80 bits per heavy atom. The van der Waals surface area contributed by atoms with E-state index in [2.05, 4.69) is 5.32 Å². The van der Waals surface area contributed by atoms with Gasteiger partial charge in [-0.15, -0.1) is 11.3 Å². The van der Waals surface area contributed by atoms with Crippen LogP contribution in [-0.4, -0.2) is 12.1 Å². The van der Waals surface area contributed by atoms with Crippen molar-refractivity contribution in [2.24, 2.45) is 5.92 Å². The standard InChI is InChI=1S/C27H22ClNO4S2/c1-16(19-12-13-34-15-19)32-27(31)29-23-14-24(28)35-25(23)22-5-3-2-4-21(22)17-8-10-20(11-9-17)33-26(30)18-6-7-18/h2-5,8-16,18H,6-7H2,1H3,(H,29,31). The number of thiophene rings is 2. The Labute approximate surface area is 216 Å². The molecule has 2 heterocycles. The van der Waals surface area contributed by atoms with Crippen molar-refractivity contribution in [2.45, 2.75) is 25.9 Å². The van der Waals surface area contributed by atoms with E-state index in [0.29, 0.717) is 15.8 Å². The fourth-order valence-corrected chi connectivity index (χ4v) is 5.64. The van der Waals surface area contributed by atoms with E-state index in [0.717, 1.165) is 40.0 Å². The van der Waals surface area contributed by atoms with Crippen LogP contribution in [-0.2, 0) is 9.53 Å². The Bertz CT molecular complexity index is 1340. The molecule has 1 amide bonds. The van der Waals surface area contributed by atoms with E-state index in [4.69, 9.17) is 21.1 Å². The van der Waals surface area contributed by atoms with Crippen LogP contribution in [0.5, 0.6) is 5.75 Å². The maximum absolute atomic E-state index is 12.6. The van der Waals surface area contributed by atoms with Gasteiger partial charge in [0.15, 0.2) is 0 Å². The third kappa shape index (κ3) is 5.59. The fourth-order valence-electron chi connectivity index (χ4n) is 3.68. The highest BCUT2D eigenvalue weighted by Crippen LogP contribution is 2.43. The van der Waals surface area contributed by atoms with E-state index < -0.39 is 6.09 Å². The first-order valence-corrected chi connectivity index (χ1v) is 13.3. The van der Waals surface area contributed by atoms with Crippen molar-refractivity contribution in [1.29, 1.82) is 0 Å². The fraction of sp³-hybridized carbons (Fsp3) is 0.185. The number of hydrogen-bond acceptors (Lipinski definition) is 6. The summed E-state index contributed by atoms with van der Waals surface area (Å²) >= 11 is 9.30. The molecule has 2 aromatic heterocycles. The van der Waals surface area contributed by atoms with Crippen molar-refractivity contribution in [3.63, 3.8) is 0 Å². The first-order valence-electron chi connectivity index (χ1n) is 11.2. The molecule has 0 aliphatic heterocycles. The number of benzene rings is 2. The van der Waals surface area contributed by atoms with Crippen LogP contribution in [0.3, 0.4) is 0 Å². The van der Waals surface area contributed by atoms with Crippen molar-refractivity contribution < 1.29 is 19.1 Å². The molecule has 0 bridgehead atoms. The van der Waals surface area contributed by atoms with Crippen molar-refractivity contribution in [1.82, 2.24) is 0 Å². The van der Waals surface area contributed by atoms with Gasteiger partial charge in [0.05, 0.1) is 20.8 Å². The summed E-state index contributed by atoms with van der Waals surface area (Å²) in [6, 6.07) is 19.0. The highest BCUT2D eigenvalue weighted by atomic mass is 35.5. The molecule has 4 aromatic rings. The third-order valence-electron chi connectivity index (χ3n) is 5.70. The topological polar surface area (TPSA) is 64.6 Å². The summed E-state index contributed by atoms with van der Waals surface area (Å²) in [7, 11) is 0. The van der Waals surface area contributed by atoms with Gasteiger partial charge < -0.3 is 9.47 Å². The highest BCUT2D eigenvalue weighted by Gasteiger charge is 2.31. The highest BCUT2D eigenvalue weighted by molar-refractivity contribution is 7.20. The molecular formula is C27H22ClNO4S2. The molecule has 1 N–H and O–H groups in total. The number of ether oxygens (including phenoxy) is 2. The molecule has 1 saturated carbocycles. The monoisotopic (exact) mass is 523 g/mol. The first kappa shape index (κ1) is 23.6. The Morgan fingerprint density at radius 3 is 2.49 bits per heavy atom. The predicted molar refractivity (Wildman–Crippen MR) is 141 cm³/mol. The summed E-state index contributed by atoms with van der Waals surface area (Å²) in [4.78, 5) is 25.4. The minimum absolute atomic E-state index is 0.0461. The quantitative estimate of drug-likeness (QED) is 0.195. The Balaban J connectivity index is 1.37. The van der Waals surface area contributed by atoms with Crippen LogP contribution in [0.15, 0.2) is 71.4 Å². The lowest BCUT2D eigenvalue weighted by Crippen LogP contribution is -2.15. The molecular weight excluding hydrogens is 502 g/mol. The van der Waals surface area contributed by atoms with Crippen LogP contribution in [0, 0.1) is 5.92 Å². The molecule has 1 aliphatic carbocycles. The largest absolute Gasteiger partial charge is 0.441 e. The first-order chi connectivity index (χ1) is 17.0. The Morgan fingerprint density at radius 1 is 1.06 bits per heavy atom. The Kier molecular flexibility index (Phi) is 6.90. The maximum atomic E-state index is 12.6. The van der Waals surface area contributed by atoms with Crippen LogP contribution < -0.4 is 10.1 Å². The molecule has 0 radical (unpaired) electrons. The molecule has 1 unspecified atom stereocenters. The maximum Gasteiger partial charge on any atom is 0.412 e. The van der Waals surface area contributed by atoms with E-state index >= 15 is 0 Å². The lowest BCUT2D eigenvalue weighted by molar-refractivity contribution is -0.135. The van der Waals surface area contributed by atoms with E-state index in [1.807, 2.05) is 60.1 Å². The second-order valence-corrected chi connectivity index (χ2v) is 10.8. The van der Waals surface area contributed by atoms with Gasteiger partial charge in [-0.1, -0.05) is 48.0 Å². The van der Waals surface area contributed by atoms with Crippen LogP contribution in [0.1, 0.15) is 31.4 Å². The van der Waals surface area contributed by atoms with Crippen molar-refractivity contribution in [2.75, 3.05) is 5.32 Å². The number of esters is 1. The summed E-state index contributed by atoms with van der Waals surface area (Å²) in [5, 5.41) is 6.77. The molecule has 1 fully saturated rings. The molecule has 1 aliphatic rings. The minimum atomic E-state index is -0.543. The van der Waals surface area contributed by atoms with E-state index in [-0.39, 0.29) is 18.0 Å². The summed E-state index contributed by atoms with van der Waals surface area (Å²) < 4.78 is 11.6. The zero-order valence-electron chi connectivity index (χ0n) is 18.8. The lowest BCUT2D eigenvalue weighted by Gasteiger charge is -2.14. The SMILES string of the molecule is CC(OC(=O)Nc1cc(Cl)sc1-c1ccccc1-c1ccc(OC(=O)C2CC2)cc1)c1ccsc1. The predicted octanol–water partition coefficient (Wildman–Crippen LogP) is 8.42. The smallest absolute Gasteiger partial charge is 0.412 e. The van der Waals surface area contributed by atoms with Crippen molar-refractivity contribution in [3.8, 4) is 27.3 Å². The van der Waals surface area contributed by atoms with Gasteiger partial charge in [-0.05, 0) is 65.9 Å². The van der Waals surface area contributed by atoms with Crippen LogP contribution >= 0.6 is 34.3 Å². The number of halogens is 1.